The van der Waals surface area contributed by atoms with Crippen LogP contribution in [-0.4, -0.2) is 17.0 Å². The number of halogens is 3. The summed E-state index contributed by atoms with van der Waals surface area (Å²) in [7, 11) is 0. The number of aromatic carboxylic acids is 1. The van der Waals surface area contributed by atoms with Gasteiger partial charge in [-0.25, -0.2) is 4.79 Å². The molecule has 23 heavy (non-hydrogen) atoms. The zero-order valence-electron chi connectivity index (χ0n) is 11.7. The number of alkyl halides is 3. The zero-order valence-corrected chi connectivity index (χ0v) is 11.7. The lowest BCUT2D eigenvalue weighted by Crippen LogP contribution is -2.14. The molecule has 2 aromatic carbocycles. The number of nitrogens with one attached hydrogen (secondary N) is 1. The number of amides is 1. The summed E-state index contributed by atoms with van der Waals surface area (Å²) >= 11 is 0. The third-order valence-corrected chi connectivity index (χ3v) is 3.06. The molecule has 120 valence electrons. The first-order valence-corrected chi connectivity index (χ1v) is 6.55. The van der Waals surface area contributed by atoms with E-state index < -0.39 is 23.6 Å². The van der Waals surface area contributed by atoms with Gasteiger partial charge in [-0.3, -0.25) is 4.79 Å². The molecule has 0 spiro atoms. The number of benzene rings is 2. The fourth-order valence-corrected chi connectivity index (χ4v) is 1.90. The largest absolute Gasteiger partial charge is 0.478 e. The molecule has 0 aliphatic rings. The van der Waals surface area contributed by atoms with Gasteiger partial charge in [0, 0.05) is 5.69 Å². The lowest BCUT2D eigenvalue weighted by Gasteiger charge is -2.08. The zero-order chi connectivity index (χ0) is 17.0. The Balaban J connectivity index is 1.98. The molecule has 0 aromatic heterocycles. The van der Waals surface area contributed by atoms with E-state index in [-0.39, 0.29) is 12.0 Å². The Bertz CT molecular complexity index is 707. The highest BCUT2D eigenvalue weighted by Crippen LogP contribution is 2.29. The fraction of sp³-hybridized carbons (Fsp3) is 0.125. The van der Waals surface area contributed by atoms with E-state index in [0.29, 0.717) is 11.3 Å². The van der Waals surface area contributed by atoms with Crippen molar-refractivity contribution >= 4 is 17.6 Å². The van der Waals surface area contributed by atoms with Crippen molar-refractivity contribution in [3.63, 3.8) is 0 Å². The van der Waals surface area contributed by atoms with Crippen LogP contribution in [0.3, 0.4) is 0 Å². The van der Waals surface area contributed by atoms with Crippen molar-refractivity contribution in [1.29, 1.82) is 0 Å². The van der Waals surface area contributed by atoms with Crippen molar-refractivity contribution < 1.29 is 27.9 Å². The number of rotatable bonds is 4. The average molecular weight is 323 g/mol. The highest BCUT2D eigenvalue weighted by Gasteiger charge is 2.29. The molecular weight excluding hydrogens is 311 g/mol. The molecule has 0 aliphatic heterocycles. The Hall–Kier alpha value is -2.83. The van der Waals surface area contributed by atoms with E-state index in [0.717, 1.165) is 12.1 Å². The number of carboxylic acids is 1. The predicted octanol–water partition coefficient (Wildman–Crippen LogP) is 3.58. The van der Waals surface area contributed by atoms with E-state index in [1.807, 2.05) is 0 Å². The Kier molecular flexibility index (Phi) is 4.68. The van der Waals surface area contributed by atoms with Crippen molar-refractivity contribution in [1.82, 2.24) is 0 Å². The van der Waals surface area contributed by atoms with Crippen LogP contribution in [0.4, 0.5) is 18.9 Å². The molecule has 0 saturated carbocycles. The fourth-order valence-electron chi connectivity index (χ4n) is 1.90. The van der Waals surface area contributed by atoms with E-state index in [1.165, 1.54) is 36.4 Å². The summed E-state index contributed by atoms with van der Waals surface area (Å²) in [5.74, 6) is -1.49. The number of carboxylic acid groups (broad SMARTS) is 1. The average Bonchev–Trinajstić information content (AvgIpc) is 2.47. The molecule has 2 aromatic rings. The maximum atomic E-state index is 12.4. The quantitative estimate of drug-likeness (QED) is 0.904. The molecule has 0 unspecified atom stereocenters. The second-order valence-electron chi connectivity index (χ2n) is 4.80. The van der Waals surface area contributed by atoms with Crippen LogP contribution in [0.15, 0.2) is 48.5 Å². The molecule has 2 rings (SSSR count). The van der Waals surface area contributed by atoms with Gasteiger partial charge in [0.15, 0.2) is 0 Å². The van der Waals surface area contributed by atoms with Crippen molar-refractivity contribution in [3.05, 3.63) is 65.2 Å². The lowest BCUT2D eigenvalue weighted by atomic mass is 10.1. The van der Waals surface area contributed by atoms with E-state index in [9.17, 15) is 22.8 Å². The van der Waals surface area contributed by atoms with E-state index in [1.54, 1.807) is 0 Å². The SMILES string of the molecule is O=C(Cc1ccc(C(F)(F)F)cc1)Nc1ccc(C(=O)O)cc1. The van der Waals surface area contributed by atoms with Crippen LogP contribution in [-0.2, 0) is 17.4 Å². The van der Waals surface area contributed by atoms with Crippen LogP contribution in [0.1, 0.15) is 21.5 Å². The smallest absolute Gasteiger partial charge is 0.416 e. The lowest BCUT2D eigenvalue weighted by molar-refractivity contribution is -0.137. The maximum Gasteiger partial charge on any atom is 0.416 e. The summed E-state index contributed by atoms with van der Waals surface area (Å²) < 4.78 is 37.3. The van der Waals surface area contributed by atoms with Gasteiger partial charge in [-0.2, -0.15) is 13.2 Å². The molecule has 0 heterocycles. The molecule has 1 amide bonds. The minimum atomic E-state index is -4.41. The Morgan fingerprint density at radius 3 is 2.00 bits per heavy atom. The number of carbonyl (C=O) groups excluding carboxylic acids is 1. The predicted molar refractivity (Wildman–Crippen MR) is 77.2 cm³/mol. The second kappa shape index (κ2) is 6.51. The topological polar surface area (TPSA) is 66.4 Å². The van der Waals surface area contributed by atoms with Crippen molar-refractivity contribution in [2.45, 2.75) is 12.6 Å². The number of hydrogen-bond acceptors (Lipinski definition) is 2. The first-order chi connectivity index (χ1) is 10.8. The van der Waals surface area contributed by atoms with Crippen molar-refractivity contribution in [3.8, 4) is 0 Å². The Morgan fingerprint density at radius 2 is 1.52 bits per heavy atom. The van der Waals surface area contributed by atoms with Gasteiger partial charge in [0.05, 0.1) is 17.5 Å². The van der Waals surface area contributed by atoms with Gasteiger partial charge in [-0.05, 0) is 42.0 Å². The van der Waals surface area contributed by atoms with Gasteiger partial charge in [0.2, 0.25) is 5.91 Å². The van der Waals surface area contributed by atoms with Gasteiger partial charge >= 0.3 is 12.1 Å². The Labute approximate surface area is 129 Å². The minimum Gasteiger partial charge on any atom is -0.478 e. The molecule has 0 radical (unpaired) electrons. The maximum absolute atomic E-state index is 12.4. The molecule has 4 nitrogen and oxygen atoms in total. The first kappa shape index (κ1) is 16.5. The van der Waals surface area contributed by atoms with Crippen LogP contribution in [0.2, 0.25) is 0 Å². The third kappa shape index (κ3) is 4.57. The monoisotopic (exact) mass is 323 g/mol. The third-order valence-electron chi connectivity index (χ3n) is 3.06. The molecule has 2 N–H and O–H groups in total. The molecule has 0 saturated heterocycles. The van der Waals surface area contributed by atoms with Crippen LogP contribution in [0.25, 0.3) is 0 Å². The normalized spacial score (nSPS) is 11.1. The van der Waals surface area contributed by atoms with Gasteiger partial charge in [-0.1, -0.05) is 12.1 Å². The molecule has 7 heteroatoms. The standard InChI is InChI=1S/C16H12F3NO3/c17-16(18,19)12-5-1-10(2-6-12)9-14(21)20-13-7-3-11(4-8-13)15(22)23/h1-8H,9H2,(H,20,21)(H,22,23). The van der Waals surface area contributed by atoms with Crippen LogP contribution >= 0.6 is 0 Å². The summed E-state index contributed by atoms with van der Waals surface area (Å²) in [5.41, 5.74) is 0.168. The summed E-state index contributed by atoms with van der Waals surface area (Å²) in [6, 6.07) is 9.90. The summed E-state index contributed by atoms with van der Waals surface area (Å²) in [6.07, 6.45) is -4.49. The number of anilines is 1. The van der Waals surface area contributed by atoms with Gasteiger partial charge in [-0.15, -0.1) is 0 Å². The molecule has 0 aliphatic carbocycles. The van der Waals surface area contributed by atoms with Crippen molar-refractivity contribution in [2.75, 3.05) is 5.32 Å². The van der Waals surface area contributed by atoms with Crippen LogP contribution < -0.4 is 5.32 Å². The van der Waals surface area contributed by atoms with Gasteiger partial charge in [0.1, 0.15) is 0 Å². The molecular formula is C16H12F3NO3. The van der Waals surface area contributed by atoms with E-state index >= 15 is 0 Å². The van der Waals surface area contributed by atoms with Crippen LogP contribution in [0, 0.1) is 0 Å². The van der Waals surface area contributed by atoms with Crippen LogP contribution in [0.5, 0.6) is 0 Å². The highest BCUT2D eigenvalue weighted by atomic mass is 19.4. The highest BCUT2D eigenvalue weighted by molar-refractivity contribution is 5.93. The molecule has 0 fully saturated rings. The van der Waals surface area contributed by atoms with Crippen molar-refractivity contribution in [2.24, 2.45) is 0 Å². The summed E-state index contributed by atoms with van der Waals surface area (Å²) in [4.78, 5) is 22.5. The first-order valence-electron chi connectivity index (χ1n) is 6.55. The number of hydrogen-bond donors (Lipinski definition) is 2. The van der Waals surface area contributed by atoms with Gasteiger partial charge in [0.25, 0.3) is 0 Å². The summed E-state index contributed by atoms with van der Waals surface area (Å²) in [5, 5.41) is 11.3. The Morgan fingerprint density at radius 1 is 0.957 bits per heavy atom. The molecule has 0 atom stereocenters. The minimum absolute atomic E-state index is 0.0845. The number of carbonyl (C=O) groups is 2. The van der Waals surface area contributed by atoms with E-state index in [2.05, 4.69) is 5.32 Å². The summed E-state index contributed by atoms with van der Waals surface area (Å²) in [6.45, 7) is 0. The second-order valence-corrected chi connectivity index (χ2v) is 4.80. The van der Waals surface area contributed by atoms with Gasteiger partial charge < -0.3 is 10.4 Å². The molecule has 0 bridgehead atoms. The van der Waals surface area contributed by atoms with E-state index in [4.69, 9.17) is 5.11 Å².